The van der Waals surface area contributed by atoms with Crippen LogP contribution in [0.25, 0.3) is 0 Å². The molecule has 1 aromatic rings. The molecule has 0 heterocycles. The Morgan fingerprint density at radius 1 is 1.32 bits per heavy atom. The molecule has 4 N–H and O–H groups in total. The molecule has 0 aliphatic rings. The van der Waals surface area contributed by atoms with Crippen LogP contribution < -0.4 is 16.4 Å². The molecule has 1 aromatic carbocycles. The van der Waals surface area contributed by atoms with E-state index in [0.717, 1.165) is 0 Å². The molecule has 0 saturated heterocycles. The Morgan fingerprint density at radius 2 is 1.89 bits per heavy atom. The molecule has 0 saturated carbocycles. The van der Waals surface area contributed by atoms with E-state index in [1.807, 2.05) is 0 Å². The number of carbonyl (C=O) groups is 1. The number of hydrogen-bond donors (Lipinski definition) is 2. The SMILES string of the molecule is CC(C)N(CC(N)=O)c1ccc(C(N)=S)c(F)c1F. The van der Waals surface area contributed by atoms with Gasteiger partial charge in [0.15, 0.2) is 11.6 Å². The summed E-state index contributed by atoms with van der Waals surface area (Å²) in [5.41, 5.74) is 10.2. The fraction of sp³-hybridized carbons (Fsp3) is 0.333. The molecule has 0 spiro atoms. The molecule has 0 radical (unpaired) electrons. The maximum absolute atomic E-state index is 14.0. The molecule has 0 atom stereocenters. The standard InChI is InChI=1S/C12H15F2N3OS/c1-6(2)17(5-9(15)18)8-4-3-7(12(16)19)10(13)11(8)14/h3-4,6H,5H2,1-2H3,(H2,15,18)(H2,16,19). The largest absolute Gasteiger partial charge is 0.389 e. The van der Waals surface area contributed by atoms with Gasteiger partial charge in [-0.3, -0.25) is 4.79 Å². The van der Waals surface area contributed by atoms with Crippen molar-refractivity contribution in [2.24, 2.45) is 11.5 Å². The minimum Gasteiger partial charge on any atom is -0.389 e. The number of rotatable bonds is 5. The number of thiocarbonyl (C=S) groups is 1. The lowest BCUT2D eigenvalue weighted by Crippen LogP contribution is -2.39. The van der Waals surface area contributed by atoms with E-state index in [-0.39, 0.29) is 28.8 Å². The van der Waals surface area contributed by atoms with Gasteiger partial charge in [-0.2, -0.15) is 0 Å². The van der Waals surface area contributed by atoms with E-state index in [0.29, 0.717) is 0 Å². The summed E-state index contributed by atoms with van der Waals surface area (Å²) in [6.07, 6.45) is 0. The molecule has 0 aliphatic carbocycles. The molecule has 0 unspecified atom stereocenters. The van der Waals surface area contributed by atoms with Crippen molar-refractivity contribution in [2.75, 3.05) is 11.4 Å². The van der Waals surface area contributed by atoms with E-state index in [2.05, 4.69) is 12.2 Å². The molecule has 0 aliphatic heterocycles. The topological polar surface area (TPSA) is 72.3 Å². The number of anilines is 1. The molecule has 1 amide bonds. The van der Waals surface area contributed by atoms with E-state index in [4.69, 9.17) is 11.5 Å². The second kappa shape index (κ2) is 5.92. The summed E-state index contributed by atoms with van der Waals surface area (Å²) >= 11 is 4.62. The first-order valence-electron chi connectivity index (χ1n) is 5.58. The van der Waals surface area contributed by atoms with Crippen LogP contribution in [0.2, 0.25) is 0 Å². The zero-order chi connectivity index (χ0) is 14.7. The van der Waals surface area contributed by atoms with Gasteiger partial charge in [0.1, 0.15) is 4.99 Å². The predicted octanol–water partition coefficient (Wildman–Crippen LogP) is 1.30. The molecule has 0 bridgehead atoms. The summed E-state index contributed by atoms with van der Waals surface area (Å²) in [5.74, 6) is -2.85. The van der Waals surface area contributed by atoms with Crippen LogP contribution >= 0.6 is 12.2 Å². The summed E-state index contributed by atoms with van der Waals surface area (Å²) in [6.45, 7) is 3.27. The number of benzene rings is 1. The Kier molecular flexibility index (Phi) is 4.77. The third-order valence-corrected chi connectivity index (χ3v) is 2.81. The Balaban J connectivity index is 3.29. The Bertz CT molecular complexity index is 520. The van der Waals surface area contributed by atoms with Crippen LogP contribution in [-0.4, -0.2) is 23.5 Å². The average molecular weight is 287 g/mol. The molecule has 1 rings (SSSR count). The molecule has 0 aromatic heterocycles. The lowest BCUT2D eigenvalue weighted by molar-refractivity contribution is -0.116. The van der Waals surface area contributed by atoms with E-state index < -0.39 is 17.5 Å². The molecule has 4 nitrogen and oxygen atoms in total. The van der Waals surface area contributed by atoms with E-state index in [1.54, 1.807) is 13.8 Å². The van der Waals surface area contributed by atoms with Crippen LogP contribution in [0, 0.1) is 11.6 Å². The van der Waals surface area contributed by atoms with Crippen LogP contribution in [0.3, 0.4) is 0 Å². The third-order valence-electron chi connectivity index (χ3n) is 2.59. The maximum Gasteiger partial charge on any atom is 0.236 e. The lowest BCUT2D eigenvalue weighted by atomic mass is 10.1. The van der Waals surface area contributed by atoms with Crippen molar-refractivity contribution in [3.63, 3.8) is 0 Å². The van der Waals surface area contributed by atoms with Crippen molar-refractivity contribution in [1.29, 1.82) is 0 Å². The highest BCUT2D eigenvalue weighted by atomic mass is 32.1. The van der Waals surface area contributed by atoms with Gasteiger partial charge in [0, 0.05) is 11.6 Å². The summed E-state index contributed by atoms with van der Waals surface area (Å²) < 4.78 is 27.8. The molecule has 104 valence electrons. The van der Waals surface area contributed by atoms with Crippen LogP contribution in [0.5, 0.6) is 0 Å². The third kappa shape index (κ3) is 3.37. The van der Waals surface area contributed by atoms with Crippen LogP contribution in [0.1, 0.15) is 19.4 Å². The van der Waals surface area contributed by atoms with Crippen LogP contribution in [0.4, 0.5) is 14.5 Å². The van der Waals surface area contributed by atoms with Gasteiger partial charge in [-0.25, -0.2) is 8.78 Å². The number of hydrogen-bond acceptors (Lipinski definition) is 3. The van der Waals surface area contributed by atoms with Gasteiger partial charge in [-0.05, 0) is 26.0 Å². The number of halogens is 2. The monoisotopic (exact) mass is 287 g/mol. The van der Waals surface area contributed by atoms with Crippen molar-refractivity contribution < 1.29 is 13.6 Å². The average Bonchev–Trinajstić information content (AvgIpc) is 2.29. The second-order valence-electron chi connectivity index (χ2n) is 4.31. The zero-order valence-electron chi connectivity index (χ0n) is 10.6. The molecular formula is C12H15F2N3OS. The Hall–Kier alpha value is -1.76. The minimum absolute atomic E-state index is 0.0497. The maximum atomic E-state index is 14.0. The Labute approximate surface area is 115 Å². The predicted molar refractivity (Wildman–Crippen MR) is 73.9 cm³/mol. The highest BCUT2D eigenvalue weighted by Crippen LogP contribution is 2.25. The van der Waals surface area contributed by atoms with Gasteiger partial charge in [0.2, 0.25) is 5.91 Å². The zero-order valence-corrected chi connectivity index (χ0v) is 11.4. The van der Waals surface area contributed by atoms with Crippen molar-refractivity contribution in [1.82, 2.24) is 0 Å². The first-order chi connectivity index (χ1) is 8.75. The number of nitrogens with zero attached hydrogens (tertiary/aromatic N) is 1. The number of carbonyl (C=O) groups excluding carboxylic acids is 1. The number of nitrogens with two attached hydrogens (primary N) is 2. The van der Waals surface area contributed by atoms with Gasteiger partial charge < -0.3 is 16.4 Å². The van der Waals surface area contributed by atoms with Gasteiger partial charge in [0.25, 0.3) is 0 Å². The molecule has 7 heteroatoms. The van der Waals surface area contributed by atoms with E-state index in [9.17, 15) is 13.6 Å². The van der Waals surface area contributed by atoms with Gasteiger partial charge in [-0.1, -0.05) is 12.2 Å². The van der Waals surface area contributed by atoms with Crippen molar-refractivity contribution in [3.8, 4) is 0 Å². The number of primary amides is 1. The fourth-order valence-corrected chi connectivity index (χ4v) is 1.82. The summed E-state index contributed by atoms with van der Waals surface area (Å²) in [7, 11) is 0. The summed E-state index contributed by atoms with van der Waals surface area (Å²) in [5, 5.41) is 0. The highest BCUT2D eigenvalue weighted by molar-refractivity contribution is 7.80. The van der Waals surface area contributed by atoms with Crippen molar-refractivity contribution in [2.45, 2.75) is 19.9 Å². The smallest absolute Gasteiger partial charge is 0.236 e. The first-order valence-corrected chi connectivity index (χ1v) is 5.99. The summed E-state index contributed by atoms with van der Waals surface area (Å²) in [4.78, 5) is 12.1. The lowest BCUT2D eigenvalue weighted by Gasteiger charge is -2.28. The summed E-state index contributed by atoms with van der Waals surface area (Å²) in [6, 6.07) is 2.39. The Morgan fingerprint density at radius 3 is 2.32 bits per heavy atom. The van der Waals surface area contributed by atoms with Crippen molar-refractivity contribution in [3.05, 3.63) is 29.3 Å². The van der Waals surface area contributed by atoms with E-state index >= 15 is 0 Å². The molecular weight excluding hydrogens is 272 g/mol. The highest BCUT2D eigenvalue weighted by Gasteiger charge is 2.21. The number of amides is 1. The second-order valence-corrected chi connectivity index (χ2v) is 4.75. The normalized spacial score (nSPS) is 10.6. The minimum atomic E-state index is -1.12. The van der Waals surface area contributed by atoms with Crippen molar-refractivity contribution >= 4 is 28.8 Å². The van der Waals surface area contributed by atoms with E-state index in [1.165, 1.54) is 17.0 Å². The van der Waals surface area contributed by atoms with Gasteiger partial charge in [-0.15, -0.1) is 0 Å². The quantitative estimate of drug-likeness (QED) is 0.801. The van der Waals surface area contributed by atoms with Crippen LogP contribution in [0.15, 0.2) is 12.1 Å². The van der Waals surface area contributed by atoms with Gasteiger partial charge in [0.05, 0.1) is 12.2 Å². The van der Waals surface area contributed by atoms with Crippen LogP contribution in [-0.2, 0) is 4.79 Å². The molecule has 0 fully saturated rings. The molecule has 19 heavy (non-hydrogen) atoms. The first kappa shape index (κ1) is 15.3. The fourth-order valence-electron chi connectivity index (χ4n) is 1.67. The van der Waals surface area contributed by atoms with Gasteiger partial charge >= 0.3 is 0 Å².